The monoisotopic (exact) mass is 307 g/mol. The molecular formula is C16H25N3O3. The van der Waals surface area contributed by atoms with Gasteiger partial charge in [-0.2, -0.15) is 0 Å². The molecule has 6 heteroatoms. The van der Waals surface area contributed by atoms with Crippen molar-refractivity contribution in [2.45, 2.75) is 12.6 Å². The summed E-state index contributed by atoms with van der Waals surface area (Å²) in [7, 11) is 3.71. The summed E-state index contributed by atoms with van der Waals surface area (Å²) in [6.07, 6.45) is 0.220. The predicted molar refractivity (Wildman–Crippen MR) is 84.9 cm³/mol. The van der Waals surface area contributed by atoms with E-state index in [9.17, 15) is 4.79 Å². The third kappa shape index (κ3) is 5.29. The van der Waals surface area contributed by atoms with Crippen molar-refractivity contribution in [1.29, 1.82) is 0 Å². The van der Waals surface area contributed by atoms with Gasteiger partial charge in [0.25, 0.3) is 5.91 Å². The number of hydrogen-bond acceptors (Lipinski definition) is 5. The average molecular weight is 307 g/mol. The molecular weight excluding hydrogens is 282 g/mol. The molecule has 0 unspecified atom stereocenters. The Kier molecular flexibility index (Phi) is 6.64. The minimum Gasteiger partial charge on any atom is -0.483 e. The lowest BCUT2D eigenvalue weighted by molar-refractivity contribution is -0.122. The summed E-state index contributed by atoms with van der Waals surface area (Å²) >= 11 is 0. The zero-order valence-corrected chi connectivity index (χ0v) is 13.3. The summed E-state index contributed by atoms with van der Waals surface area (Å²) in [5.41, 5.74) is 1.04. The molecule has 122 valence electrons. The van der Waals surface area contributed by atoms with E-state index in [1.807, 2.05) is 24.3 Å². The molecule has 0 aromatic heterocycles. The van der Waals surface area contributed by atoms with Crippen molar-refractivity contribution in [2.75, 3.05) is 46.9 Å². The summed E-state index contributed by atoms with van der Waals surface area (Å²) in [4.78, 5) is 13.5. The first kappa shape index (κ1) is 16.7. The highest BCUT2D eigenvalue weighted by atomic mass is 16.5. The lowest BCUT2D eigenvalue weighted by Gasteiger charge is -2.30. The van der Waals surface area contributed by atoms with Crippen molar-refractivity contribution in [3.63, 3.8) is 0 Å². The highest BCUT2D eigenvalue weighted by Gasteiger charge is 2.17. The minimum atomic E-state index is -0.138. The summed E-state index contributed by atoms with van der Waals surface area (Å²) in [5, 5.41) is 5.95. The Morgan fingerprint density at radius 3 is 3.05 bits per heavy atom. The SMILES string of the molecule is CNC(=O)COc1ccccc1CNC[C@@H]1CN(C)CCO1. The minimum absolute atomic E-state index is 0.0318. The molecule has 1 amide bonds. The van der Waals surface area contributed by atoms with E-state index in [4.69, 9.17) is 9.47 Å². The van der Waals surface area contributed by atoms with Gasteiger partial charge in [-0.05, 0) is 13.1 Å². The van der Waals surface area contributed by atoms with Crippen LogP contribution in [0.5, 0.6) is 5.75 Å². The molecule has 0 bridgehead atoms. The maximum Gasteiger partial charge on any atom is 0.257 e. The van der Waals surface area contributed by atoms with Gasteiger partial charge < -0.3 is 25.0 Å². The molecule has 1 aromatic carbocycles. The Morgan fingerprint density at radius 2 is 2.27 bits per heavy atom. The Hall–Kier alpha value is -1.63. The van der Waals surface area contributed by atoms with Crippen molar-refractivity contribution >= 4 is 5.91 Å². The number of para-hydroxylation sites is 1. The molecule has 1 heterocycles. The molecule has 6 nitrogen and oxygen atoms in total. The molecule has 1 atom stereocenters. The number of ether oxygens (including phenoxy) is 2. The van der Waals surface area contributed by atoms with Crippen LogP contribution in [0, 0.1) is 0 Å². The molecule has 0 aliphatic carbocycles. The van der Waals surface area contributed by atoms with Gasteiger partial charge in [0.05, 0.1) is 12.7 Å². The quantitative estimate of drug-likeness (QED) is 0.755. The number of benzene rings is 1. The standard InChI is InChI=1S/C16H25N3O3/c1-17-16(20)12-22-15-6-4-3-5-13(15)9-18-10-14-11-19(2)7-8-21-14/h3-6,14,18H,7-12H2,1-2H3,(H,17,20)/t14-/m1/s1. The third-order valence-corrected chi connectivity index (χ3v) is 3.64. The number of amides is 1. The van der Waals surface area contributed by atoms with Gasteiger partial charge >= 0.3 is 0 Å². The van der Waals surface area contributed by atoms with Crippen LogP contribution in [0.2, 0.25) is 0 Å². The fraction of sp³-hybridized carbons (Fsp3) is 0.562. The van der Waals surface area contributed by atoms with Crippen LogP contribution in [0.4, 0.5) is 0 Å². The van der Waals surface area contributed by atoms with Gasteiger partial charge in [-0.15, -0.1) is 0 Å². The molecule has 1 aromatic rings. The molecule has 22 heavy (non-hydrogen) atoms. The van der Waals surface area contributed by atoms with Crippen LogP contribution in [0.1, 0.15) is 5.56 Å². The summed E-state index contributed by atoms with van der Waals surface area (Å²) in [5.74, 6) is 0.599. The second-order valence-corrected chi connectivity index (χ2v) is 5.46. The van der Waals surface area contributed by atoms with E-state index in [-0.39, 0.29) is 18.6 Å². The van der Waals surface area contributed by atoms with Gasteiger partial charge in [0.2, 0.25) is 0 Å². The van der Waals surface area contributed by atoms with Crippen LogP contribution in [0.15, 0.2) is 24.3 Å². The van der Waals surface area contributed by atoms with Crippen LogP contribution in [-0.2, 0) is 16.1 Å². The molecule has 2 N–H and O–H groups in total. The van der Waals surface area contributed by atoms with Crippen LogP contribution < -0.4 is 15.4 Å². The molecule has 1 aliphatic rings. The first-order valence-corrected chi connectivity index (χ1v) is 7.61. The first-order chi connectivity index (χ1) is 10.7. The zero-order valence-electron chi connectivity index (χ0n) is 13.3. The second kappa shape index (κ2) is 8.73. The fourth-order valence-electron chi connectivity index (χ4n) is 2.36. The van der Waals surface area contributed by atoms with E-state index in [2.05, 4.69) is 22.6 Å². The topological polar surface area (TPSA) is 62.8 Å². The van der Waals surface area contributed by atoms with Gasteiger partial charge in [0, 0.05) is 38.8 Å². The van der Waals surface area contributed by atoms with E-state index < -0.39 is 0 Å². The first-order valence-electron chi connectivity index (χ1n) is 7.61. The maximum atomic E-state index is 11.3. The molecule has 0 radical (unpaired) electrons. The number of carbonyl (C=O) groups is 1. The van der Waals surface area contributed by atoms with Gasteiger partial charge in [-0.1, -0.05) is 18.2 Å². The number of rotatable bonds is 7. The summed E-state index contributed by atoms with van der Waals surface area (Å²) < 4.78 is 11.3. The predicted octanol–water partition coefficient (Wildman–Crippen LogP) is 0.232. The number of carbonyl (C=O) groups excluding carboxylic acids is 1. The van der Waals surface area contributed by atoms with Gasteiger partial charge in [0.1, 0.15) is 5.75 Å². The van der Waals surface area contributed by atoms with E-state index in [1.54, 1.807) is 7.05 Å². The molecule has 0 spiro atoms. The van der Waals surface area contributed by atoms with E-state index in [0.717, 1.165) is 37.6 Å². The Balaban J connectivity index is 1.80. The Labute approximate surface area is 131 Å². The smallest absolute Gasteiger partial charge is 0.257 e. The van der Waals surface area contributed by atoms with Crippen LogP contribution >= 0.6 is 0 Å². The molecule has 2 rings (SSSR count). The lowest BCUT2D eigenvalue weighted by atomic mass is 10.2. The number of hydrogen-bond donors (Lipinski definition) is 2. The molecule has 1 saturated heterocycles. The number of nitrogens with one attached hydrogen (secondary N) is 2. The normalized spacial score (nSPS) is 18.9. The largest absolute Gasteiger partial charge is 0.483 e. The molecule has 0 saturated carbocycles. The van der Waals surface area contributed by atoms with Crippen molar-refractivity contribution in [2.24, 2.45) is 0 Å². The van der Waals surface area contributed by atoms with Crippen molar-refractivity contribution in [3.8, 4) is 5.75 Å². The zero-order chi connectivity index (χ0) is 15.8. The molecule has 1 aliphatic heterocycles. The summed E-state index contributed by atoms with van der Waals surface area (Å²) in [6.45, 7) is 4.24. The van der Waals surface area contributed by atoms with Crippen LogP contribution in [0.25, 0.3) is 0 Å². The van der Waals surface area contributed by atoms with Crippen LogP contribution in [0.3, 0.4) is 0 Å². The van der Waals surface area contributed by atoms with Crippen LogP contribution in [-0.4, -0.2) is 63.9 Å². The highest BCUT2D eigenvalue weighted by Crippen LogP contribution is 2.17. The second-order valence-electron chi connectivity index (χ2n) is 5.46. The van der Waals surface area contributed by atoms with Gasteiger partial charge in [-0.25, -0.2) is 0 Å². The Bertz CT molecular complexity index is 481. The number of likely N-dealkylation sites (N-methyl/N-ethyl adjacent to an activating group) is 2. The van der Waals surface area contributed by atoms with E-state index >= 15 is 0 Å². The fourth-order valence-corrected chi connectivity index (χ4v) is 2.36. The van der Waals surface area contributed by atoms with Gasteiger partial charge in [-0.3, -0.25) is 4.79 Å². The third-order valence-electron chi connectivity index (χ3n) is 3.64. The van der Waals surface area contributed by atoms with E-state index in [1.165, 1.54) is 0 Å². The Morgan fingerprint density at radius 1 is 1.45 bits per heavy atom. The molecule has 1 fully saturated rings. The van der Waals surface area contributed by atoms with Crippen molar-refractivity contribution < 1.29 is 14.3 Å². The number of morpholine rings is 1. The maximum absolute atomic E-state index is 11.3. The highest BCUT2D eigenvalue weighted by molar-refractivity contribution is 5.77. The van der Waals surface area contributed by atoms with Gasteiger partial charge in [0.15, 0.2) is 6.61 Å². The average Bonchev–Trinajstić information content (AvgIpc) is 2.53. The van der Waals surface area contributed by atoms with Crippen molar-refractivity contribution in [1.82, 2.24) is 15.5 Å². The summed E-state index contributed by atoms with van der Waals surface area (Å²) in [6, 6.07) is 7.75. The number of nitrogens with zero attached hydrogens (tertiary/aromatic N) is 1. The van der Waals surface area contributed by atoms with Crippen molar-refractivity contribution in [3.05, 3.63) is 29.8 Å². The van der Waals surface area contributed by atoms with E-state index in [0.29, 0.717) is 6.54 Å². The lowest BCUT2D eigenvalue weighted by Crippen LogP contribution is -2.44.